The Morgan fingerprint density at radius 3 is 2.87 bits per heavy atom. The van der Waals surface area contributed by atoms with Crippen LogP contribution >= 0.6 is 11.6 Å². The number of imidazole rings is 1. The fourth-order valence-corrected chi connectivity index (χ4v) is 3.38. The van der Waals surface area contributed by atoms with E-state index in [2.05, 4.69) is 27.2 Å². The fourth-order valence-electron chi connectivity index (χ4n) is 3.22. The van der Waals surface area contributed by atoms with Crippen LogP contribution in [0.2, 0.25) is 5.28 Å². The Kier molecular flexibility index (Phi) is 5.33. The van der Waals surface area contributed by atoms with Gasteiger partial charge in [-0.3, -0.25) is 0 Å². The molecule has 1 N–H and O–H groups in total. The molecule has 6 nitrogen and oxygen atoms in total. The normalized spacial score (nSPS) is 17.0. The maximum atomic E-state index is 6.13. The molecular formula is C16H24ClN5O. The number of anilines is 1. The van der Waals surface area contributed by atoms with Gasteiger partial charge in [-0.15, -0.1) is 0 Å². The molecule has 1 aliphatic rings. The lowest BCUT2D eigenvalue weighted by Crippen LogP contribution is -2.16. The first-order valence-corrected chi connectivity index (χ1v) is 8.76. The highest BCUT2D eigenvalue weighted by atomic mass is 35.5. The number of methoxy groups -OCH3 is 1. The predicted molar refractivity (Wildman–Crippen MR) is 91.9 cm³/mol. The number of hydrogen-bond donors (Lipinski definition) is 1. The van der Waals surface area contributed by atoms with E-state index in [9.17, 15) is 0 Å². The molecule has 1 fully saturated rings. The molecular weight excluding hydrogens is 314 g/mol. The van der Waals surface area contributed by atoms with E-state index in [-0.39, 0.29) is 11.4 Å². The van der Waals surface area contributed by atoms with E-state index < -0.39 is 0 Å². The third-order valence-electron chi connectivity index (χ3n) is 4.61. The topological polar surface area (TPSA) is 64.9 Å². The van der Waals surface area contributed by atoms with Crippen molar-refractivity contribution in [1.29, 1.82) is 0 Å². The quantitative estimate of drug-likeness (QED) is 0.781. The summed E-state index contributed by atoms with van der Waals surface area (Å²) in [5.74, 6) is 0.754. The van der Waals surface area contributed by atoms with Gasteiger partial charge in [0.15, 0.2) is 17.0 Å². The summed E-state index contributed by atoms with van der Waals surface area (Å²) in [5, 5.41) is 3.75. The summed E-state index contributed by atoms with van der Waals surface area (Å²) in [4.78, 5) is 13.2. The van der Waals surface area contributed by atoms with Gasteiger partial charge in [-0.25, -0.2) is 4.98 Å². The van der Waals surface area contributed by atoms with Gasteiger partial charge in [0.2, 0.25) is 5.28 Å². The molecule has 3 rings (SSSR count). The van der Waals surface area contributed by atoms with E-state index in [4.69, 9.17) is 16.3 Å². The van der Waals surface area contributed by atoms with Crippen molar-refractivity contribution in [2.24, 2.45) is 0 Å². The smallest absolute Gasteiger partial charge is 0.226 e. The Morgan fingerprint density at radius 2 is 2.17 bits per heavy atom. The van der Waals surface area contributed by atoms with Crippen LogP contribution < -0.4 is 5.32 Å². The van der Waals surface area contributed by atoms with Crippen LogP contribution in [0, 0.1) is 0 Å². The first-order valence-electron chi connectivity index (χ1n) is 8.39. The van der Waals surface area contributed by atoms with Crippen LogP contribution in [0.1, 0.15) is 45.4 Å². The van der Waals surface area contributed by atoms with Crippen molar-refractivity contribution in [2.45, 2.75) is 64.1 Å². The second-order valence-corrected chi connectivity index (χ2v) is 6.47. The lowest BCUT2D eigenvalue weighted by atomic mass is 10.2. The van der Waals surface area contributed by atoms with E-state index in [0.717, 1.165) is 36.4 Å². The van der Waals surface area contributed by atoms with Gasteiger partial charge in [-0.1, -0.05) is 19.8 Å². The zero-order valence-electron chi connectivity index (χ0n) is 13.8. The van der Waals surface area contributed by atoms with Crippen LogP contribution in [0.4, 0.5) is 5.82 Å². The van der Waals surface area contributed by atoms with Gasteiger partial charge in [-0.05, 0) is 37.3 Å². The summed E-state index contributed by atoms with van der Waals surface area (Å²) in [6.07, 6.45) is 8.87. The summed E-state index contributed by atoms with van der Waals surface area (Å²) in [6.45, 7) is 2.93. The second-order valence-electron chi connectivity index (χ2n) is 6.13. The molecule has 0 aromatic carbocycles. The predicted octanol–water partition coefficient (Wildman–Crippen LogP) is 3.65. The van der Waals surface area contributed by atoms with Crippen LogP contribution in [0.5, 0.6) is 0 Å². The van der Waals surface area contributed by atoms with Crippen molar-refractivity contribution < 1.29 is 4.74 Å². The Bertz CT molecular complexity index is 649. The van der Waals surface area contributed by atoms with E-state index in [1.54, 1.807) is 7.11 Å². The molecule has 1 saturated carbocycles. The molecule has 126 valence electrons. The van der Waals surface area contributed by atoms with Crippen molar-refractivity contribution in [1.82, 2.24) is 19.5 Å². The Labute approximate surface area is 141 Å². The molecule has 1 aliphatic carbocycles. The molecule has 0 radical (unpaired) electrons. The molecule has 0 bridgehead atoms. The van der Waals surface area contributed by atoms with Crippen molar-refractivity contribution in [3.05, 3.63) is 11.6 Å². The third kappa shape index (κ3) is 3.75. The van der Waals surface area contributed by atoms with E-state index in [1.165, 1.54) is 25.7 Å². The number of hydrogen-bond acceptors (Lipinski definition) is 5. The van der Waals surface area contributed by atoms with Crippen molar-refractivity contribution in [3.63, 3.8) is 0 Å². The minimum Gasteiger partial charge on any atom is -0.381 e. The van der Waals surface area contributed by atoms with E-state index >= 15 is 0 Å². The highest BCUT2D eigenvalue weighted by Gasteiger charge is 2.19. The maximum Gasteiger partial charge on any atom is 0.226 e. The summed E-state index contributed by atoms with van der Waals surface area (Å²) >= 11 is 6.13. The number of fused-ring (bicyclic) bond motifs is 1. The molecule has 0 saturated heterocycles. The van der Waals surface area contributed by atoms with Crippen LogP contribution in [-0.4, -0.2) is 38.8 Å². The summed E-state index contributed by atoms with van der Waals surface area (Å²) in [5.41, 5.74) is 1.59. The lowest BCUT2D eigenvalue weighted by Gasteiger charge is -2.14. The number of ether oxygens (including phenoxy) is 1. The fraction of sp³-hybridized carbons (Fsp3) is 0.688. The highest BCUT2D eigenvalue weighted by Crippen LogP contribution is 2.26. The summed E-state index contributed by atoms with van der Waals surface area (Å²) < 4.78 is 7.47. The van der Waals surface area contributed by atoms with E-state index in [1.807, 2.05) is 10.9 Å². The second kappa shape index (κ2) is 7.45. The zero-order chi connectivity index (χ0) is 16.2. The maximum absolute atomic E-state index is 6.13. The van der Waals surface area contributed by atoms with Crippen molar-refractivity contribution in [3.8, 4) is 0 Å². The minimum atomic E-state index is 0.251. The SMILES string of the molecule is CCC(CCn1cnc2c(NC3CCCC3)nc(Cl)nc21)OC. The first-order chi connectivity index (χ1) is 11.2. The molecule has 7 heteroatoms. The largest absolute Gasteiger partial charge is 0.381 e. The average molecular weight is 338 g/mol. The molecule has 2 aromatic heterocycles. The van der Waals surface area contributed by atoms with Gasteiger partial charge in [0.25, 0.3) is 0 Å². The Hall–Kier alpha value is -1.40. The standard InChI is InChI=1S/C16H24ClN5O/c1-3-12(23-2)8-9-22-10-18-13-14(19-11-6-4-5-7-11)20-16(17)21-15(13)22/h10-12H,3-9H2,1-2H3,(H,19,20,21). The summed E-state index contributed by atoms with van der Waals surface area (Å²) in [6, 6.07) is 0.465. The minimum absolute atomic E-state index is 0.251. The molecule has 0 amide bonds. The third-order valence-corrected chi connectivity index (χ3v) is 4.78. The summed E-state index contributed by atoms with van der Waals surface area (Å²) in [7, 11) is 1.75. The van der Waals surface area contributed by atoms with Crippen LogP contribution in [0.15, 0.2) is 6.33 Å². The van der Waals surface area contributed by atoms with E-state index in [0.29, 0.717) is 6.04 Å². The molecule has 1 atom stereocenters. The van der Waals surface area contributed by atoms with Gasteiger partial charge >= 0.3 is 0 Å². The number of aromatic nitrogens is 4. The first kappa shape index (κ1) is 16.5. The number of aryl methyl sites for hydroxylation is 1. The average Bonchev–Trinajstić information content (AvgIpc) is 3.18. The number of halogens is 1. The molecule has 2 heterocycles. The van der Waals surface area contributed by atoms with Crippen molar-refractivity contribution in [2.75, 3.05) is 12.4 Å². The zero-order valence-corrected chi connectivity index (χ0v) is 14.5. The van der Waals surface area contributed by atoms with Crippen LogP contribution in [-0.2, 0) is 11.3 Å². The Morgan fingerprint density at radius 1 is 1.39 bits per heavy atom. The van der Waals surface area contributed by atoms with Gasteiger partial charge in [0, 0.05) is 19.7 Å². The Balaban J connectivity index is 1.82. The van der Waals surface area contributed by atoms with Gasteiger partial charge in [0.1, 0.15) is 0 Å². The molecule has 2 aromatic rings. The number of rotatable bonds is 7. The van der Waals surface area contributed by atoms with Crippen molar-refractivity contribution >= 4 is 28.6 Å². The van der Waals surface area contributed by atoms with Gasteiger partial charge in [-0.2, -0.15) is 9.97 Å². The molecule has 0 spiro atoms. The van der Waals surface area contributed by atoms with Gasteiger partial charge < -0.3 is 14.6 Å². The molecule has 1 unspecified atom stereocenters. The monoisotopic (exact) mass is 337 g/mol. The molecule has 0 aliphatic heterocycles. The van der Waals surface area contributed by atoms with Crippen LogP contribution in [0.25, 0.3) is 11.2 Å². The lowest BCUT2D eigenvalue weighted by molar-refractivity contribution is 0.0885. The van der Waals surface area contributed by atoms with Crippen LogP contribution in [0.3, 0.4) is 0 Å². The number of nitrogens with zero attached hydrogens (tertiary/aromatic N) is 4. The molecule has 23 heavy (non-hydrogen) atoms. The highest BCUT2D eigenvalue weighted by molar-refractivity contribution is 6.28. The number of nitrogens with one attached hydrogen (secondary N) is 1. The van der Waals surface area contributed by atoms with Gasteiger partial charge in [0.05, 0.1) is 12.4 Å².